The van der Waals surface area contributed by atoms with Gasteiger partial charge >= 0.3 is 0 Å². The maximum atomic E-state index is 13.6. The van der Waals surface area contributed by atoms with E-state index in [1.54, 1.807) is 19.1 Å². The zero-order valence-electron chi connectivity index (χ0n) is 12.4. The summed E-state index contributed by atoms with van der Waals surface area (Å²) in [6.45, 7) is 4.24. The molecule has 1 amide bonds. The van der Waals surface area contributed by atoms with Crippen LogP contribution in [0.5, 0.6) is 5.75 Å². The number of rotatable bonds is 5. The van der Waals surface area contributed by atoms with Gasteiger partial charge in [-0.1, -0.05) is 12.1 Å². The third kappa shape index (κ3) is 3.81. The molecule has 2 rings (SSSR count). The number of hydrogen-bond acceptors (Lipinski definition) is 2. The van der Waals surface area contributed by atoms with Gasteiger partial charge < -0.3 is 10.1 Å². The van der Waals surface area contributed by atoms with Crippen LogP contribution in [0.1, 0.15) is 35.8 Å². The second-order valence-corrected chi connectivity index (χ2v) is 4.82. The van der Waals surface area contributed by atoms with E-state index >= 15 is 0 Å². The third-order valence-corrected chi connectivity index (χ3v) is 3.21. The van der Waals surface area contributed by atoms with Gasteiger partial charge in [-0.2, -0.15) is 0 Å². The number of ether oxygens (including phenoxy) is 1. The van der Waals surface area contributed by atoms with Crippen molar-refractivity contribution in [3.05, 3.63) is 65.2 Å². The monoisotopic (exact) mass is 305 g/mol. The zero-order valence-corrected chi connectivity index (χ0v) is 12.4. The van der Waals surface area contributed by atoms with Crippen LogP contribution in [0.2, 0.25) is 0 Å². The van der Waals surface area contributed by atoms with Crippen LogP contribution in [0.4, 0.5) is 8.78 Å². The number of carbonyl (C=O) groups excluding carboxylic acids is 1. The number of carbonyl (C=O) groups is 1. The van der Waals surface area contributed by atoms with Gasteiger partial charge in [0.05, 0.1) is 18.2 Å². The van der Waals surface area contributed by atoms with Gasteiger partial charge in [0.15, 0.2) is 0 Å². The van der Waals surface area contributed by atoms with Gasteiger partial charge in [-0.25, -0.2) is 8.78 Å². The molecule has 0 saturated heterocycles. The van der Waals surface area contributed by atoms with Crippen molar-refractivity contribution in [2.24, 2.45) is 0 Å². The summed E-state index contributed by atoms with van der Waals surface area (Å²) in [6.07, 6.45) is 0. The largest absolute Gasteiger partial charge is 0.494 e. The first kappa shape index (κ1) is 15.9. The lowest BCUT2D eigenvalue weighted by atomic mass is 10.1. The fraction of sp³-hybridized carbons (Fsp3) is 0.235. The Morgan fingerprint density at radius 2 is 1.86 bits per heavy atom. The molecule has 22 heavy (non-hydrogen) atoms. The predicted octanol–water partition coefficient (Wildman–Crippen LogP) is 3.85. The first-order valence-corrected chi connectivity index (χ1v) is 7.00. The molecule has 2 aromatic carbocycles. The second kappa shape index (κ2) is 7.02. The summed E-state index contributed by atoms with van der Waals surface area (Å²) in [5.41, 5.74) is 0.534. The number of nitrogens with one attached hydrogen (secondary N) is 1. The van der Waals surface area contributed by atoms with Crippen molar-refractivity contribution in [3.8, 4) is 5.75 Å². The maximum absolute atomic E-state index is 13.6. The first-order chi connectivity index (χ1) is 10.5. The van der Waals surface area contributed by atoms with E-state index in [1.165, 1.54) is 0 Å². The molecular formula is C17H17F2NO2. The van der Waals surface area contributed by atoms with Crippen LogP contribution < -0.4 is 10.1 Å². The van der Waals surface area contributed by atoms with E-state index in [0.717, 1.165) is 29.5 Å². The lowest BCUT2D eigenvalue weighted by Crippen LogP contribution is -2.27. The first-order valence-electron chi connectivity index (χ1n) is 7.00. The highest BCUT2D eigenvalue weighted by Gasteiger charge is 2.16. The molecule has 1 N–H and O–H groups in total. The van der Waals surface area contributed by atoms with Crippen LogP contribution in [0.25, 0.3) is 0 Å². The molecule has 1 atom stereocenters. The van der Waals surface area contributed by atoms with Gasteiger partial charge in [-0.05, 0) is 49.7 Å². The van der Waals surface area contributed by atoms with Crippen LogP contribution in [0.3, 0.4) is 0 Å². The van der Waals surface area contributed by atoms with Crippen LogP contribution in [0, 0.1) is 11.6 Å². The lowest BCUT2D eigenvalue weighted by molar-refractivity contribution is 0.0935. The van der Waals surface area contributed by atoms with E-state index in [9.17, 15) is 13.6 Å². The minimum Gasteiger partial charge on any atom is -0.494 e. The molecular weight excluding hydrogens is 288 g/mol. The number of benzene rings is 2. The van der Waals surface area contributed by atoms with Gasteiger partial charge in [-0.3, -0.25) is 4.79 Å². The normalized spacial score (nSPS) is 11.8. The van der Waals surface area contributed by atoms with Crippen molar-refractivity contribution < 1.29 is 18.3 Å². The molecule has 0 aliphatic rings. The topological polar surface area (TPSA) is 38.3 Å². The molecule has 0 aliphatic heterocycles. The van der Waals surface area contributed by atoms with Crippen LogP contribution in [0.15, 0.2) is 42.5 Å². The highest BCUT2D eigenvalue weighted by Crippen LogP contribution is 2.18. The number of amides is 1. The molecule has 0 radical (unpaired) electrons. The fourth-order valence-corrected chi connectivity index (χ4v) is 2.05. The molecule has 1 unspecified atom stereocenters. The summed E-state index contributed by atoms with van der Waals surface area (Å²) in [5.74, 6) is -1.32. The Hall–Kier alpha value is -2.43. The van der Waals surface area contributed by atoms with Crippen molar-refractivity contribution in [1.82, 2.24) is 5.32 Å². The summed E-state index contributed by atoms with van der Waals surface area (Å²) >= 11 is 0. The molecule has 5 heteroatoms. The molecule has 0 aromatic heterocycles. The summed E-state index contributed by atoms with van der Waals surface area (Å²) in [6, 6.07) is 9.68. The Morgan fingerprint density at radius 1 is 1.18 bits per heavy atom. The summed E-state index contributed by atoms with van der Waals surface area (Å²) < 4.78 is 32.0. The van der Waals surface area contributed by atoms with Crippen molar-refractivity contribution in [1.29, 1.82) is 0 Å². The molecule has 0 spiro atoms. The predicted molar refractivity (Wildman–Crippen MR) is 79.9 cm³/mol. The van der Waals surface area contributed by atoms with Crippen molar-refractivity contribution in [2.45, 2.75) is 19.9 Å². The van der Waals surface area contributed by atoms with E-state index in [1.807, 2.05) is 19.1 Å². The van der Waals surface area contributed by atoms with Gasteiger partial charge in [-0.15, -0.1) is 0 Å². The second-order valence-electron chi connectivity index (χ2n) is 4.82. The van der Waals surface area contributed by atoms with E-state index in [2.05, 4.69) is 5.32 Å². The fourth-order valence-electron chi connectivity index (χ4n) is 2.05. The zero-order chi connectivity index (χ0) is 16.1. The van der Waals surface area contributed by atoms with Gasteiger partial charge in [0.1, 0.15) is 17.4 Å². The van der Waals surface area contributed by atoms with E-state index in [-0.39, 0.29) is 11.6 Å². The van der Waals surface area contributed by atoms with Crippen molar-refractivity contribution >= 4 is 5.91 Å². The minimum absolute atomic E-state index is 0.308. The molecule has 2 aromatic rings. The third-order valence-electron chi connectivity index (χ3n) is 3.21. The van der Waals surface area contributed by atoms with Crippen molar-refractivity contribution in [2.75, 3.05) is 6.61 Å². The van der Waals surface area contributed by atoms with Crippen LogP contribution in [-0.2, 0) is 0 Å². The van der Waals surface area contributed by atoms with Gasteiger partial charge in [0.2, 0.25) is 0 Å². The summed E-state index contributed by atoms with van der Waals surface area (Å²) in [5, 5.41) is 2.65. The van der Waals surface area contributed by atoms with E-state index < -0.39 is 17.5 Å². The SMILES string of the molecule is CCOc1ccc(C(C)NC(=O)c2cc(F)ccc2F)cc1. The molecule has 0 saturated carbocycles. The van der Waals surface area contributed by atoms with Crippen LogP contribution >= 0.6 is 0 Å². The average Bonchev–Trinajstić information content (AvgIpc) is 2.50. The van der Waals surface area contributed by atoms with Gasteiger partial charge in [0, 0.05) is 0 Å². The molecule has 116 valence electrons. The van der Waals surface area contributed by atoms with E-state index in [0.29, 0.717) is 6.61 Å². The molecule has 0 bridgehead atoms. The minimum atomic E-state index is -0.752. The lowest BCUT2D eigenvalue weighted by Gasteiger charge is -2.15. The quantitative estimate of drug-likeness (QED) is 0.911. The Morgan fingerprint density at radius 3 is 2.50 bits per heavy atom. The Bertz CT molecular complexity index is 656. The summed E-state index contributed by atoms with van der Waals surface area (Å²) in [4.78, 5) is 12.0. The maximum Gasteiger partial charge on any atom is 0.254 e. The molecule has 3 nitrogen and oxygen atoms in total. The van der Waals surface area contributed by atoms with Crippen molar-refractivity contribution in [3.63, 3.8) is 0 Å². The Balaban J connectivity index is 2.09. The number of hydrogen-bond donors (Lipinski definition) is 1. The smallest absolute Gasteiger partial charge is 0.254 e. The van der Waals surface area contributed by atoms with Gasteiger partial charge in [0.25, 0.3) is 5.91 Å². The molecule has 0 fully saturated rings. The van der Waals surface area contributed by atoms with E-state index in [4.69, 9.17) is 4.74 Å². The highest BCUT2D eigenvalue weighted by atomic mass is 19.1. The highest BCUT2D eigenvalue weighted by molar-refractivity contribution is 5.94. The Kier molecular flexibility index (Phi) is 5.09. The summed E-state index contributed by atoms with van der Waals surface area (Å²) in [7, 11) is 0. The standard InChI is InChI=1S/C17H17F2NO2/c1-3-22-14-7-4-12(5-8-14)11(2)20-17(21)15-10-13(18)6-9-16(15)19/h4-11H,3H2,1-2H3,(H,20,21). The molecule has 0 heterocycles. The average molecular weight is 305 g/mol. The number of halogens is 2. The Labute approximate surface area is 127 Å². The van der Waals surface area contributed by atoms with Crippen LogP contribution in [-0.4, -0.2) is 12.5 Å². The molecule has 0 aliphatic carbocycles.